The highest BCUT2D eigenvalue weighted by molar-refractivity contribution is 9.10. The summed E-state index contributed by atoms with van der Waals surface area (Å²) in [5.41, 5.74) is -0.871. The second-order valence-electron chi connectivity index (χ2n) is 5.08. The summed E-state index contributed by atoms with van der Waals surface area (Å²) in [5.74, 6) is 0.736. The molecule has 0 unspecified atom stereocenters. The molecule has 1 aliphatic carbocycles. The van der Waals surface area contributed by atoms with E-state index in [1.54, 1.807) is 19.2 Å². The lowest BCUT2D eigenvalue weighted by Crippen LogP contribution is -2.40. The predicted octanol–water partition coefficient (Wildman–Crippen LogP) is 3.34. The van der Waals surface area contributed by atoms with Crippen molar-refractivity contribution in [2.24, 2.45) is 0 Å². The molecule has 0 saturated heterocycles. The van der Waals surface area contributed by atoms with Gasteiger partial charge in [0.15, 0.2) is 5.78 Å². The number of methoxy groups -OCH3 is 2. The molecule has 0 bridgehead atoms. The standard InChI is InChI=1S/C15H19BrO4/c1-19-11-7-6-10(13(20-2)12(11)16)14(17)15(18)8-4-3-5-9-15/h6-7,18H,3-5,8-9H2,1-2H3. The van der Waals surface area contributed by atoms with Gasteiger partial charge in [-0.15, -0.1) is 0 Å². The molecular weight excluding hydrogens is 324 g/mol. The summed E-state index contributed by atoms with van der Waals surface area (Å²) in [4.78, 5) is 12.7. The molecule has 4 nitrogen and oxygen atoms in total. The van der Waals surface area contributed by atoms with Crippen LogP contribution < -0.4 is 9.47 Å². The van der Waals surface area contributed by atoms with Crippen LogP contribution in [0.5, 0.6) is 11.5 Å². The highest BCUT2D eigenvalue weighted by Gasteiger charge is 2.39. The number of ether oxygens (including phenoxy) is 2. The minimum atomic E-state index is -1.26. The number of benzene rings is 1. The largest absolute Gasteiger partial charge is 0.495 e. The van der Waals surface area contributed by atoms with Crippen LogP contribution in [0.4, 0.5) is 0 Å². The topological polar surface area (TPSA) is 55.8 Å². The molecular formula is C15H19BrO4. The fourth-order valence-electron chi connectivity index (χ4n) is 2.69. The van der Waals surface area contributed by atoms with Crippen molar-refractivity contribution in [1.29, 1.82) is 0 Å². The van der Waals surface area contributed by atoms with E-state index in [-0.39, 0.29) is 5.78 Å². The average molecular weight is 343 g/mol. The van der Waals surface area contributed by atoms with Crippen LogP contribution in [0.15, 0.2) is 16.6 Å². The number of Topliss-reactive ketones (excluding diaryl/α,β-unsaturated/α-hetero) is 1. The molecule has 0 spiro atoms. The van der Waals surface area contributed by atoms with Gasteiger partial charge in [-0.2, -0.15) is 0 Å². The Balaban J connectivity index is 2.41. The van der Waals surface area contributed by atoms with Gasteiger partial charge in [0.1, 0.15) is 21.6 Å². The Hall–Kier alpha value is -1.07. The molecule has 2 rings (SSSR count). The van der Waals surface area contributed by atoms with Gasteiger partial charge in [-0.05, 0) is 40.9 Å². The first-order valence-electron chi connectivity index (χ1n) is 6.71. The summed E-state index contributed by atoms with van der Waals surface area (Å²) in [7, 11) is 3.05. The van der Waals surface area contributed by atoms with E-state index < -0.39 is 5.60 Å². The van der Waals surface area contributed by atoms with Crippen LogP contribution in [0, 0.1) is 0 Å². The second kappa shape index (κ2) is 6.14. The first-order chi connectivity index (χ1) is 9.53. The Morgan fingerprint density at radius 2 is 1.85 bits per heavy atom. The quantitative estimate of drug-likeness (QED) is 0.852. The number of ketones is 1. The molecule has 110 valence electrons. The maximum Gasteiger partial charge on any atom is 0.198 e. The van der Waals surface area contributed by atoms with Gasteiger partial charge in [-0.25, -0.2) is 0 Å². The van der Waals surface area contributed by atoms with Crippen LogP contribution in [0.3, 0.4) is 0 Å². The third kappa shape index (κ3) is 2.69. The minimum absolute atomic E-state index is 0.266. The maximum absolute atomic E-state index is 12.7. The highest BCUT2D eigenvalue weighted by Crippen LogP contribution is 2.40. The molecule has 1 aromatic rings. The SMILES string of the molecule is COc1ccc(C(=O)C2(O)CCCCC2)c(OC)c1Br. The van der Waals surface area contributed by atoms with Crippen molar-refractivity contribution in [3.63, 3.8) is 0 Å². The molecule has 0 amide bonds. The van der Waals surface area contributed by atoms with E-state index in [0.29, 0.717) is 34.4 Å². The van der Waals surface area contributed by atoms with E-state index in [9.17, 15) is 9.90 Å². The van der Waals surface area contributed by atoms with Crippen molar-refractivity contribution in [2.45, 2.75) is 37.7 Å². The van der Waals surface area contributed by atoms with Crippen LogP contribution in [0.2, 0.25) is 0 Å². The molecule has 5 heteroatoms. The molecule has 1 aliphatic rings. The van der Waals surface area contributed by atoms with Gasteiger partial charge in [0.25, 0.3) is 0 Å². The lowest BCUT2D eigenvalue weighted by atomic mass is 9.79. The summed E-state index contributed by atoms with van der Waals surface area (Å²) in [6.45, 7) is 0. The molecule has 1 saturated carbocycles. The molecule has 0 aromatic heterocycles. The number of halogens is 1. The fraction of sp³-hybridized carbons (Fsp3) is 0.533. The lowest BCUT2D eigenvalue weighted by Gasteiger charge is -2.31. The van der Waals surface area contributed by atoms with Gasteiger partial charge in [0, 0.05) is 0 Å². The monoisotopic (exact) mass is 342 g/mol. The highest BCUT2D eigenvalue weighted by atomic mass is 79.9. The molecule has 1 N–H and O–H groups in total. The average Bonchev–Trinajstić information content (AvgIpc) is 2.47. The summed E-state index contributed by atoms with van der Waals surface area (Å²) >= 11 is 3.38. The van der Waals surface area contributed by atoms with Crippen LogP contribution >= 0.6 is 15.9 Å². The zero-order chi connectivity index (χ0) is 14.8. The fourth-order valence-corrected chi connectivity index (χ4v) is 3.36. The number of carbonyl (C=O) groups excluding carboxylic acids is 1. The number of aliphatic hydroxyl groups is 1. The summed E-state index contributed by atoms with van der Waals surface area (Å²) in [5, 5.41) is 10.6. The van der Waals surface area contributed by atoms with Crippen LogP contribution in [0.1, 0.15) is 42.5 Å². The van der Waals surface area contributed by atoms with Crippen molar-refractivity contribution >= 4 is 21.7 Å². The van der Waals surface area contributed by atoms with Crippen LogP contribution in [0.25, 0.3) is 0 Å². The van der Waals surface area contributed by atoms with Gasteiger partial charge in [0.2, 0.25) is 0 Å². The first kappa shape index (κ1) is 15.3. The molecule has 1 fully saturated rings. The maximum atomic E-state index is 12.7. The van der Waals surface area contributed by atoms with Crippen molar-refractivity contribution in [3.05, 3.63) is 22.2 Å². The number of hydrogen-bond donors (Lipinski definition) is 1. The zero-order valence-corrected chi connectivity index (χ0v) is 13.3. The van der Waals surface area contributed by atoms with Gasteiger partial charge in [-0.1, -0.05) is 19.3 Å². The van der Waals surface area contributed by atoms with Crippen LogP contribution in [-0.2, 0) is 0 Å². The van der Waals surface area contributed by atoms with Gasteiger partial charge in [-0.3, -0.25) is 4.79 Å². The molecule has 0 heterocycles. The molecule has 1 aromatic carbocycles. The lowest BCUT2D eigenvalue weighted by molar-refractivity contribution is 0.0114. The Labute approximate surface area is 127 Å². The molecule has 0 radical (unpaired) electrons. The van der Waals surface area contributed by atoms with Gasteiger partial charge >= 0.3 is 0 Å². The van der Waals surface area contributed by atoms with E-state index in [2.05, 4.69) is 15.9 Å². The van der Waals surface area contributed by atoms with Crippen molar-refractivity contribution in [2.75, 3.05) is 14.2 Å². The Bertz CT molecular complexity index is 507. The van der Waals surface area contributed by atoms with Crippen molar-refractivity contribution in [1.82, 2.24) is 0 Å². The second-order valence-corrected chi connectivity index (χ2v) is 5.88. The van der Waals surface area contributed by atoms with E-state index in [1.165, 1.54) is 7.11 Å². The predicted molar refractivity (Wildman–Crippen MR) is 79.6 cm³/mol. The van der Waals surface area contributed by atoms with Gasteiger partial charge < -0.3 is 14.6 Å². The normalized spacial score (nSPS) is 17.6. The summed E-state index contributed by atoms with van der Waals surface area (Å²) in [6, 6.07) is 3.35. The third-order valence-corrected chi connectivity index (χ3v) is 4.58. The Morgan fingerprint density at radius 3 is 2.40 bits per heavy atom. The number of hydrogen-bond acceptors (Lipinski definition) is 4. The minimum Gasteiger partial charge on any atom is -0.495 e. The van der Waals surface area contributed by atoms with E-state index >= 15 is 0 Å². The van der Waals surface area contributed by atoms with Crippen LogP contribution in [-0.4, -0.2) is 30.7 Å². The summed E-state index contributed by atoms with van der Waals surface area (Å²) < 4.78 is 11.1. The smallest absolute Gasteiger partial charge is 0.198 e. The van der Waals surface area contributed by atoms with E-state index in [4.69, 9.17) is 9.47 Å². The number of carbonyl (C=O) groups is 1. The third-order valence-electron chi connectivity index (χ3n) is 3.83. The Kier molecular flexibility index (Phi) is 4.70. The van der Waals surface area contributed by atoms with Gasteiger partial charge in [0.05, 0.1) is 19.8 Å². The van der Waals surface area contributed by atoms with Crippen molar-refractivity contribution in [3.8, 4) is 11.5 Å². The van der Waals surface area contributed by atoms with E-state index in [0.717, 1.165) is 19.3 Å². The van der Waals surface area contributed by atoms with Crippen molar-refractivity contribution < 1.29 is 19.4 Å². The first-order valence-corrected chi connectivity index (χ1v) is 7.50. The zero-order valence-electron chi connectivity index (χ0n) is 11.7. The Morgan fingerprint density at radius 1 is 1.20 bits per heavy atom. The molecule has 20 heavy (non-hydrogen) atoms. The summed E-state index contributed by atoms with van der Waals surface area (Å²) in [6.07, 6.45) is 3.85. The molecule has 0 aliphatic heterocycles. The van der Waals surface area contributed by atoms with E-state index in [1.807, 2.05) is 0 Å². The molecule has 0 atom stereocenters. The number of rotatable bonds is 4.